The molecular formula is C25H24N3O6S-. The van der Waals surface area contributed by atoms with E-state index in [0.29, 0.717) is 41.6 Å². The van der Waals surface area contributed by atoms with Crippen molar-refractivity contribution in [1.82, 2.24) is 4.98 Å². The van der Waals surface area contributed by atoms with Crippen molar-refractivity contribution in [3.05, 3.63) is 67.0 Å². The van der Waals surface area contributed by atoms with Crippen LogP contribution in [0.1, 0.15) is 26.2 Å². The number of aliphatic carboxylic acids is 1. The molecule has 0 saturated carbocycles. The summed E-state index contributed by atoms with van der Waals surface area (Å²) in [4.78, 5) is 29.7. The van der Waals surface area contributed by atoms with E-state index in [1.807, 2.05) is 24.3 Å². The van der Waals surface area contributed by atoms with E-state index in [1.165, 1.54) is 13.0 Å². The highest BCUT2D eigenvalue weighted by molar-refractivity contribution is 7.80. The second-order valence-corrected chi connectivity index (χ2v) is 8.88. The molecule has 182 valence electrons. The van der Waals surface area contributed by atoms with Crippen LogP contribution in [-0.2, 0) is 20.9 Å². The summed E-state index contributed by atoms with van der Waals surface area (Å²) < 4.78 is 31.0. The number of rotatable bonds is 10. The van der Waals surface area contributed by atoms with Crippen LogP contribution in [0.15, 0.2) is 71.4 Å². The van der Waals surface area contributed by atoms with Gasteiger partial charge in [-0.15, -0.1) is 0 Å². The summed E-state index contributed by atoms with van der Waals surface area (Å²) in [5.41, 5.74) is 2.13. The molecule has 0 spiro atoms. The number of benzene rings is 2. The highest BCUT2D eigenvalue weighted by Crippen LogP contribution is 2.33. The number of anilines is 2. The third kappa shape index (κ3) is 5.33. The van der Waals surface area contributed by atoms with Crippen molar-refractivity contribution in [2.75, 3.05) is 15.7 Å². The fraction of sp³-hybridized carbons (Fsp3) is 0.240. The minimum Gasteiger partial charge on any atom is -0.755 e. The lowest BCUT2D eigenvalue weighted by Crippen LogP contribution is -2.42. The molecule has 0 aliphatic rings. The molecule has 9 nitrogen and oxygen atoms in total. The Bertz CT molecular complexity index is 1370. The van der Waals surface area contributed by atoms with Gasteiger partial charge in [0, 0.05) is 41.7 Å². The Labute approximate surface area is 204 Å². The predicted octanol–water partition coefficient (Wildman–Crippen LogP) is 4.26. The van der Waals surface area contributed by atoms with Crippen molar-refractivity contribution in [3.8, 4) is 0 Å². The Morgan fingerprint density at radius 3 is 2.51 bits per heavy atom. The molecule has 4 rings (SSSR count). The van der Waals surface area contributed by atoms with Gasteiger partial charge < -0.3 is 19.0 Å². The van der Waals surface area contributed by atoms with Gasteiger partial charge in [0.15, 0.2) is 0 Å². The molecule has 4 aromatic rings. The van der Waals surface area contributed by atoms with Crippen LogP contribution in [0.4, 0.5) is 11.4 Å². The number of furan rings is 1. The lowest BCUT2D eigenvalue weighted by Gasteiger charge is -2.32. The SMILES string of the molecule is CC(=O)N(CCCCC(C(=O)O)N(c1ccc2oc3ccccc3c2c1)S(=O)[O-])c1cccnc1. The highest BCUT2D eigenvalue weighted by Gasteiger charge is 2.27. The summed E-state index contributed by atoms with van der Waals surface area (Å²) in [5, 5.41) is 11.4. The lowest BCUT2D eigenvalue weighted by atomic mass is 10.1. The highest BCUT2D eigenvalue weighted by atomic mass is 32.2. The van der Waals surface area contributed by atoms with Gasteiger partial charge in [0.25, 0.3) is 0 Å². The average molecular weight is 495 g/mol. The number of carbonyl (C=O) groups is 2. The third-order valence-electron chi connectivity index (χ3n) is 5.79. The Hall–Kier alpha value is -3.76. The van der Waals surface area contributed by atoms with E-state index in [2.05, 4.69) is 4.98 Å². The van der Waals surface area contributed by atoms with Crippen LogP contribution in [0, 0.1) is 0 Å². The molecule has 0 fully saturated rings. The van der Waals surface area contributed by atoms with Crippen molar-refractivity contribution >= 4 is 56.5 Å². The topological polar surface area (TPSA) is 127 Å². The maximum absolute atomic E-state index is 12.2. The summed E-state index contributed by atoms with van der Waals surface area (Å²) >= 11 is -2.82. The van der Waals surface area contributed by atoms with E-state index in [0.717, 1.165) is 9.69 Å². The van der Waals surface area contributed by atoms with E-state index >= 15 is 0 Å². The molecule has 0 bridgehead atoms. The quantitative estimate of drug-likeness (QED) is 0.258. The van der Waals surface area contributed by atoms with Crippen LogP contribution < -0.4 is 9.21 Å². The molecule has 2 atom stereocenters. The first-order valence-corrected chi connectivity index (χ1v) is 12.1. The number of carboxylic acids is 1. The smallest absolute Gasteiger partial charge is 0.327 e. The standard InChI is InChI=1S/C25H25N3O6S/c1-17(29)27(19-7-6-13-26-16-19)14-5-4-9-22(25(30)31)28(35(32)33)18-11-12-24-21(15-18)20-8-2-3-10-23(20)34-24/h2-3,6-8,10-13,15-16,22H,4-5,9,14H2,1H3,(H,30,31)(H,32,33)/p-1. The predicted molar refractivity (Wildman–Crippen MR) is 133 cm³/mol. The first-order valence-electron chi connectivity index (χ1n) is 11.1. The van der Waals surface area contributed by atoms with Crippen molar-refractivity contribution in [1.29, 1.82) is 0 Å². The summed E-state index contributed by atoms with van der Waals surface area (Å²) in [5.74, 6) is -1.40. The van der Waals surface area contributed by atoms with Gasteiger partial charge in [-0.05, 0) is 55.7 Å². The Morgan fingerprint density at radius 1 is 1.06 bits per heavy atom. The van der Waals surface area contributed by atoms with Crippen LogP contribution >= 0.6 is 0 Å². The molecule has 2 unspecified atom stereocenters. The number of amides is 1. The van der Waals surface area contributed by atoms with Gasteiger partial charge in [-0.25, -0.2) is 4.79 Å². The van der Waals surface area contributed by atoms with Crippen LogP contribution in [0.5, 0.6) is 0 Å². The summed E-state index contributed by atoms with van der Waals surface area (Å²) in [6, 6.07) is 14.4. The van der Waals surface area contributed by atoms with E-state index < -0.39 is 23.3 Å². The van der Waals surface area contributed by atoms with Crippen molar-refractivity contribution in [2.45, 2.75) is 32.2 Å². The van der Waals surface area contributed by atoms with E-state index in [4.69, 9.17) is 4.42 Å². The number of fused-ring (bicyclic) bond motifs is 3. The zero-order valence-electron chi connectivity index (χ0n) is 19.0. The van der Waals surface area contributed by atoms with Crippen LogP contribution in [0.3, 0.4) is 0 Å². The monoisotopic (exact) mass is 494 g/mol. The van der Waals surface area contributed by atoms with E-state index in [-0.39, 0.29) is 18.0 Å². The molecule has 1 N–H and O–H groups in total. The van der Waals surface area contributed by atoms with Crippen molar-refractivity contribution in [3.63, 3.8) is 0 Å². The Morgan fingerprint density at radius 2 is 1.83 bits per heavy atom. The maximum atomic E-state index is 12.2. The number of pyridine rings is 1. The summed E-state index contributed by atoms with van der Waals surface area (Å²) in [6.45, 7) is 1.81. The van der Waals surface area contributed by atoms with Crippen molar-refractivity contribution < 1.29 is 27.9 Å². The molecule has 2 aromatic heterocycles. The number of hydrogen-bond donors (Lipinski definition) is 1. The van der Waals surface area contributed by atoms with Crippen LogP contribution in [-0.4, -0.2) is 43.3 Å². The summed E-state index contributed by atoms with van der Waals surface area (Å²) in [7, 11) is 0. The zero-order chi connectivity index (χ0) is 24.9. The molecule has 10 heteroatoms. The molecule has 2 heterocycles. The lowest BCUT2D eigenvalue weighted by molar-refractivity contribution is -0.138. The molecule has 1 amide bonds. The average Bonchev–Trinajstić information content (AvgIpc) is 3.21. The van der Waals surface area contributed by atoms with Gasteiger partial charge in [-0.2, -0.15) is 0 Å². The minimum atomic E-state index is -2.82. The van der Waals surface area contributed by atoms with Gasteiger partial charge in [0.2, 0.25) is 5.91 Å². The van der Waals surface area contributed by atoms with Gasteiger partial charge in [0.1, 0.15) is 17.2 Å². The molecule has 0 aliphatic heterocycles. The second kappa shape index (κ2) is 10.7. The summed E-state index contributed by atoms with van der Waals surface area (Å²) in [6.07, 6.45) is 4.15. The number of carboxylic acid groups (broad SMARTS) is 1. The first-order chi connectivity index (χ1) is 16.9. The largest absolute Gasteiger partial charge is 0.755 e. The normalized spacial score (nSPS) is 13.0. The van der Waals surface area contributed by atoms with Gasteiger partial charge in [-0.3, -0.25) is 18.3 Å². The molecule has 35 heavy (non-hydrogen) atoms. The Balaban J connectivity index is 1.52. The van der Waals surface area contributed by atoms with E-state index in [1.54, 1.807) is 41.6 Å². The molecule has 0 radical (unpaired) electrons. The minimum absolute atomic E-state index is 0.0757. The third-order valence-corrected chi connectivity index (χ3v) is 6.58. The van der Waals surface area contributed by atoms with Gasteiger partial charge in [0.05, 0.1) is 17.6 Å². The first kappa shape index (κ1) is 24.4. The number of hydrogen-bond acceptors (Lipinski definition) is 6. The van der Waals surface area contributed by atoms with Crippen LogP contribution in [0.25, 0.3) is 21.9 Å². The number of nitrogens with zero attached hydrogens (tertiary/aromatic N) is 3. The van der Waals surface area contributed by atoms with Crippen LogP contribution in [0.2, 0.25) is 0 Å². The van der Waals surface area contributed by atoms with Gasteiger partial charge in [-0.1, -0.05) is 18.2 Å². The number of para-hydroxylation sites is 1. The molecule has 0 aliphatic carbocycles. The van der Waals surface area contributed by atoms with E-state index in [9.17, 15) is 23.5 Å². The maximum Gasteiger partial charge on any atom is 0.327 e. The Kier molecular flexibility index (Phi) is 7.42. The fourth-order valence-corrected chi connectivity index (χ4v) is 4.84. The molecule has 2 aromatic carbocycles. The number of aromatic nitrogens is 1. The molecular weight excluding hydrogens is 470 g/mol. The van der Waals surface area contributed by atoms with Gasteiger partial charge >= 0.3 is 5.97 Å². The number of unbranched alkanes of at least 4 members (excludes halogenated alkanes) is 1. The second-order valence-electron chi connectivity index (χ2n) is 8.05. The number of carbonyl (C=O) groups excluding carboxylic acids is 1. The van der Waals surface area contributed by atoms with Crippen molar-refractivity contribution in [2.24, 2.45) is 0 Å². The zero-order valence-corrected chi connectivity index (χ0v) is 19.8. The fourth-order valence-electron chi connectivity index (χ4n) is 4.15. The molecule has 0 saturated heterocycles.